The summed E-state index contributed by atoms with van der Waals surface area (Å²) in [6.45, 7) is 1.28. The van der Waals surface area contributed by atoms with Crippen LogP contribution in [-0.2, 0) is 21.5 Å². The van der Waals surface area contributed by atoms with E-state index in [0.29, 0.717) is 13.0 Å². The van der Waals surface area contributed by atoms with Crippen molar-refractivity contribution in [3.8, 4) is 5.75 Å². The summed E-state index contributed by atoms with van der Waals surface area (Å²) in [5.41, 5.74) is 2.59. The quantitative estimate of drug-likeness (QED) is 0.776. The number of hydrogen-bond donors (Lipinski definition) is 1. The third kappa shape index (κ3) is 4.07. The van der Waals surface area contributed by atoms with Crippen LogP contribution in [0.1, 0.15) is 56.1 Å². The first-order valence-electron chi connectivity index (χ1n) is 10.9. The molecule has 2 aromatic carbocycles. The SMILES string of the molecule is COc1ccc(C2(C(=O)NCc3ccc(N4CCCC4=O)cc3)CCCCC2)cc1. The monoisotopic (exact) mass is 406 g/mol. The van der Waals surface area contributed by atoms with Gasteiger partial charge in [-0.2, -0.15) is 0 Å². The van der Waals surface area contributed by atoms with E-state index in [2.05, 4.69) is 5.32 Å². The summed E-state index contributed by atoms with van der Waals surface area (Å²) in [5.74, 6) is 1.10. The summed E-state index contributed by atoms with van der Waals surface area (Å²) in [4.78, 5) is 27.1. The average Bonchev–Trinajstić information content (AvgIpc) is 3.24. The highest BCUT2D eigenvalue weighted by atomic mass is 16.5. The number of carbonyl (C=O) groups excluding carboxylic acids is 2. The highest BCUT2D eigenvalue weighted by molar-refractivity contribution is 5.95. The van der Waals surface area contributed by atoms with Gasteiger partial charge in [-0.1, -0.05) is 43.5 Å². The van der Waals surface area contributed by atoms with Crippen molar-refractivity contribution < 1.29 is 14.3 Å². The molecule has 0 unspecified atom stereocenters. The Hall–Kier alpha value is -2.82. The Morgan fingerprint density at radius 1 is 1.00 bits per heavy atom. The molecule has 2 fully saturated rings. The van der Waals surface area contributed by atoms with E-state index in [-0.39, 0.29) is 11.8 Å². The summed E-state index contributed by atoms with van der Waals surface area (Å²) in [6.07, 6.45) is 6.62. The zero-order valence-electron chi connectivity index (χ0n) is 17.7. The molecular weight excluding hydrogens is 376 g/mol. The first-order chi connectivity index (χ1) is 14.6. The molecule has 1 aliphatic heterocycles. The van der Waals surface area contributed by atoms with Gasteiger partial charge in [0.2, 0.25) is 11.8 Å². The van der Waals surface area contributed by atoms with E-state index in [4.69, 9.17) is 4.74 Å². The van der Waals surface area contributed by atoms with Crippen molar-refractivity contribution in [1.29, 1.82) is 0 Å². The molecule has 0 radical (unpaired) electrons. The molecule has 0 atom stereocenters. The van der Waals surface area contributed by atoms with Gasteiger partial charge in [-0.05, 0) is 54.7 Å². The van der Waals surface area contributed by atoms with Crippen molar-refractivity contribution in [2.45, 2.75) is 56.9 Å². The van der Waals surface area contributed by atoms with Crippen LogP contribution in [0.2, 0.25) is 0 Å². The number of carbonyl (C=O) groups is 2. The largest absolute Gasteiger partial charge is 0.497 e. The van der Waals surface area contributed by atoms with Crippen LogP contribution in [0.3, 0.4) is 0 Å². The molecule has 1 N–H and O–H groups in total. The first kappa shape index (κ1) is 20.5. The standard InChI is InChI=1S/C25H30N2O3/c1-30-22-13-9-20(10-14-22)25(15-3-2-4-16-25)24(29)26-18-19-7-11-21(12-8-19)27-17-5-6-23(27)28/h7-14H,2-6,15-18H2,1H3,(H,26,29). The van der Waals surface area contributed by atoms with E-state index in [1.165, 1.54) is 6.42 Å². The predicted octanol–water partition coefficient (Wildman–Crippen LogP) is 4.34. The number of nitrogens with zero attached hydrogens (tertiary/aromatic N) is 1. The van der Waals surface area contributed by atoms with Crippen LogP contribution in [0, 0.1) is 0 Å². The van der Waals surface area contributed by atoms with E-state index in [1.54, 1.807) is 7.11 Å². The van der Waals surface area contributed by atoms with Crippen molar-refractivity contribution in [1.82, 2.24) is 5.32 Å². The maximum Gasteiger partial charge on any atom is 0.230 e. The van der Waals surface area contributed by atoms with E-state index >= 15 is 0 Å². The molecule has 2 aromatic rings. The van der Waals surface area contributed by atoms with Crippen molar-refractivity contribution >= 4 is 17.5 Å². The normalized spacial score (nSPS) is 18.3. The Morgan fingerprint density at radius 2 is 1.70 bits per heavy atom. The Bertz CT molecular complexity index is 884. The van der Waals surface area contributed by atoms with Crippen LogP contribution in [-0.4, -0.2) is 25.5 Å². The third-order valence-electron chi connectivity index (χ3n) is 6.56. The van der Waals surface area contributed by atoms with Crippen LogP contribution in [0.4, 0.5) is 5.69 Å². The fourth-order valence-corrected chi connectivity index (χ4v) is 4.78. The second-order valence-electron chi connectivity index (χ2n) is 8.37. The zero-order valence-corrected chi connectivity index (χ0v) is 17.7. The molecule has 0 spiro atoms. The van der Waals surface area contributed by atoms with Gasteiger partial charge in [-0.15, -0.1) is 0 Å². The topological polar surface area (TPSA) is 58.6 Å². The van der Waals surface area contributed by atoms with Gasteiger partial charge in [0.1, 0.15) is 5.75 Å². The van der Waals surface area contributed by atoms with Crippen molar-refractivity contribution in [2.75, 3.05) is 18.6 Å². The summed E-state index contributed by atoms with van der Waals surface area (Å²) < 4.78 is 5.28. The predicted molar refractivity (Wildman–Crippen MR) is 118 cm³/mol. The van der Waals surface area contributed by atoms with Gasteiger partial charge < -0.3 is 15.0 Å². The molecule has 0 aromatic heterocycles. The molecule has 4 rings (SSSR count). The minimum absolute atomic E-state index is 0.103. The number of methoxy groups -OCH3 is 1. The summed E-state index contributed by atoms with van der Waals surface area (Å²) in [7, 11) is 1.66. The number of ether oxygens (including phenoxy) is 1. The highest BCUT2D eigenvalue weighted by Gasteiger charge is 2.40. The molecule has 2 amide bonds. The molecule has 1 saturated carbocycles. The van der Waals surface area contributed by atoms with Crippen LogP contribution in [0.5, 0.6) is 5.75 Å². The fraction of sp³-hybridized carbons (Fsp3) is 0.440. The lowest BCUT2D eigenvalue weighted by Crippen LogP contribution is -2.45. The van der Waals surface area contributed by atoms with E-state index < -0.39 is 5.41 Å². The molecule has 1 heterocycles. The molecular formula is C25H30N2O3. The lowest BCUT2D eigenvalue weighted by atomic mass is 9.68. The van der Waals surface area contributed by atoms with E-state index in [1.807, 2.05) is 53.4 Å². The average molecular weight is 407 g/mol. The Morgan fingerprint density at radius 3 is 2.30 bits per heavy atom. The summed E-state index contributed by atoms with van der Waals surface area (Å²) in [6, 6.07) is 15.9. The minimum atomic E-state index is -0.466. The van der Waals surface area contributed by atoms with Gasteiger partial charge in [0.05, 0.1) is 12.5 Å². The van der Waals surface area contributed by atoms with Crippen LogP contribution >= 0.6 is 0 Å². The molecule has 0 bridgehead atoms. The number of anilines is 1. The fourth-order valence-electron chi connectivity index (χ4n) is 4.78. The third-order valence-corrected chi connectivity index (χ3v) is 6.56. The number of amides is 2. The van der Waals surface area contributed by atoms with Gasteiger partial charge >= 0.3 is 0 Å². The first-order valence-corrected chi connectivity index (χ1v) is 10.9. The summed E-state index contributed by atoms with van der Waals surface area (Å²) >= 11 is 0. The summed E-state index contributed by atoms with van der Waals surface area (Å²) in [5, 5.41) is 3.18. The van der Waals surface area contributed by atoms with Crippen molar-refractivity contribution in [2.24, 2.45) is 0 Å². The second kappa shape index (κ2) is 8.90. The lowest BCUT2D eigenvalue weighted by Gasteiger charge is -2.36. The number of nitrogens with one attached hydrogen (secondary N) is 1. The van der Waals surface area contributed by atoms with Crippen LogP contribution < -0.4 is 15.0 Å². The Kier molecular flexibility index (Phi) is 6.07. The molecule has 5 nitrogen and oxygen atoms in total. The lowest BCUT2D eigenvalue weighted by molar-refractivity contribution is -0.128. The van der Waals surface area contributed by atoms with Crippen molar-refractivity contribution in [3.63, 3.8) is 0 Å². The molecule has 1 aliphatic carbocycles. The number of benzene rings is 2. The second-order valence-corrected chi connectivity index (χ2v) is 8.37. The Balaban J connectivity index is 1.45. The molecule has 5 heteroatoms. The van der Waals surface area contributed by atoms with Gasteiger partial charge in [0, 0.05) is 25.2 Å². The zero-order chi connectivity index (χ0) is 21.0. The van der Waals surface area contributed by atoms with Crippen LogP contribution in [0.15, 0.2) is 48.5 Å². The minimum Gasteiger partial charge on any atom is -0.497 e. The van der Waals surface area contributed by atoms with Gasteiger partial charge in [-0.3, -0.25) is 9.59 Å². The van der Waals surface area contributed by atoms with Crippen molar-refractivity contribution in [3.05, 3.63) is 59.7 Å². The Labute approximate surface area is 178 Å². The number of hydrogen-bond acceptors (Lipinski definition) is 3. The van der Waals surface area contributed by atoms with Gasteiger partial charge in [0.15, 0.2) is 0 Å². The molecule has 158 valence electrons. The van der Waals surface area contributed by atoms with E-state index in [0.717, 1.165) is 61.2 Å². The van der Waals surface area contributed by atoms with Gasteiger partial charge in [-0.25, -0.2) is 0 Å². The maximum absolute atomic E-state index is 13.4. The maximum atomic E-state index is 13.4. The van der Waals surface area contributed by atoms with Crippen LogP contribution in [0.25, 0.3) is 0 Å². The van der Waals surface area contributed by atoms with E-state index in [9.17, 15) is 9.59 Å². The number of rotatable bonds is 6. The molecule has 30 heavy (non-hydrogen) atoms. The highest BCUT2D eigenvalue weighted by Crippen LogP contribution is 2.40. The van der Waals surface area contributed by atoms with Gasteiger partial charge in [0.25, 0.3) is 0 Å². The smallest absolute Gasteiger partial charge is 0.230 e. The molecule has 2 aliphatic rings. The molecule has 1 saturated heterocycles.